The molecule has 0 bridgehead atoms. The van der Waals surface area contributed by atoms with Crippen LogP contribution in [-0.4, -0.2) is 25.7 Å². The summed E-state index contributed by atoms with van der Waals surface area (Å²) >= 11 is 0. The van der Waals surface area contributed by atoms with Crippen LogP contribution in [0, 0.1) is 0 Å². The van der Waals surface area contributed by atoms with Crippen LogP contribution in [0.2, 0.25) is 0 Å². The Morgan fingerprint density at radius 1 is 1.33 bits per heavy atom. The van der Waals surface area contributed by atoms with E-state index in [-0.39, 0.29) is 5.91 Å². The second kappa shape index (κ2) is 6.40. The number of nitrogens with one attached hydrogen (secondary N) is 1. The Labute approximate surface area is 109 Å². The van der Waals surface area contributed by atoms with Crippen molar-refractivity contribution in [2.45, 2.75) is 26.2 Å². The first-order valence-corrected chi connectivity index (χ1v) is 6.20. The Kier molecular flexibility index (Phi) is 5.16. The van der Waals surface area contributed by atoms with Crippen molar-refractivity contribution >= 4 is 11.6 Å². The highest BCUT2D eigenvalue weighted by Gasteiger charge is 2.29. The number of anilines is 1. The predicted molar refractivity (Wildman–Crippen MR) is 73.4 cm³/mol. The maximum atomic E-state index is 12.1. The molecule has 1 amide bonds. The van der Waals surface area contributed by atoms with Crippen LogP contribution in [0.25, 0.3) is 0 Å². The van der Waals surface area contributed by atoms with Gasteiger partial charge >= 0.3 is 0 Å². The van der Waals surface area contributed by atoms with E-state index >= 15 is 0 Å². The second-order valence-electron chi connectivity index (χ2n) is 4.70. The lowest BCUT2D eigenvalue weighted by atomic mass is 9.83. The summed E-state index contributed by atoms with van der Waals surface area (Å²) in [7, 11) is 0. The van der Waals surface area contributed by atoms with E-state index in [9.17, 15) is 4.79 Å². The first-order valence-electron chi connectivity index (χ1n) is 6.20. The van der Waals surface area contributed by atoms with E-state index in [2.05, 4.69) is 5.32 Å². The van der Waals surface area contributed by atoms with Crippen molar-refractivity contribution in [3.63, 3.8) is 0 Å². The molecule has 0 aliphatic rings. The topological polar surface area (TPSA) is 64.3 Å². The standard InChI is InChI=1S/C14H22N2O2/c1-4-18-10-9-16-13(17)14(2,3)11-5-7-12(15)8-6-11/h5-8H,4,9-10,15H2,1-3H3,(H,16,17). The van der Waals surface area contributed by atoms with E-state index in [4.69, 9.17) is 10.5 Å². The summed E-state index contributed by atoms with van der Waals surface area (Å²) in [5.74, 6) is -0.00743. The number of ether oxygens (including phenoxy) is 1. The fraction of sp³-hybridized carbons (Fsp3) is 0.500. The SMILES string of the molecule is CCOCCNC(=O)C(C)(C)c1ccc(N)cc1. The summed E-state index contributed by atoms with van der Waals surface area (Å²) in [6.45, 7) is 7.46. The minimum absolute atomic E-state index is 0.00743. The van der Waals surface area contributed by atoms with Gasteiger partial charge in [0.15, 0.2) is 0 Å². The molecule has 0 spiro atoms. The Hall–Kier alpha value is -1.55. The van der Waals surface area contributed by atoms with Crippen LogP contribution in [0.5, 0.6) is 0 Å². The number of hydrogen-bond acceptors (Lipinski definition) is 3. The predicted octanol–water partition coefficient (Wildman–Crippen LogP) is 1.70. The maximum absolute atomic E-state index is 12.1. The van der Waals surface area contributed by atoms with Crippen molar-refractivity contribution in [1.82, 2.24) is 5.32 Å². The third kappa shape index (κ3) is 3.74. The van der Waals surface area contributed by atoms with E-state index in [1.807, 2.05) is 45.0 Å². The molecule has 18 heavy (non-hydrogen) atoms. The number of amides is 1. The Morgan fingerprint density at radius 3 is 2.50 bits per heavy atom. The van der Waals surface area contributed by atoms with Gasteiger partial charge in [-0.3, -0.25) is 4.79 Å². The van der Waals surface area contributed by atoms with Crippen LogP contribution in [0.1, 0.15) is 26.3 Å². The lowest BCUT2D eigenvalue weighted by molar-refractivity contribution is -0.125. The molecule has 0 saturated heterocycles. The van der Waals surface area contributed by atoms with Crippen molar-refractivity contribution in [3.05, 3.63) is 29.8 Å². The molecule has 1 aromatic carbocycles. The van der Waals surface area contributed by atoms with Gasteiger partial charge in [0.1, 0.15) is 0 Å². The minimum Gasteiger partial charge on any atom is -0.399 e. The molecule has 0 radical (unpaired) electrons. The normalized spacial score (nSPS) is 11.3. The van der Waals surface area contributed by atoms with Crippen molar-refractivity contribution < 1.29 is 9.53 Å². The smallest absolute Gasteiger partial charge is 0.230 e. The molecule has 0 atom stereocenters. The molecule has 0 aromatic heterocycles. The largest absolute Gasteiger partial charge is 0.399 e. The number of nitrogen functional groups attached to an aromatic ring is 1. The number of rotatable bonds is 6. The molecule has 0 fully saturated rings. The van der Waals surface area contributed by atoms with Gasteiger partial charge in [-0.2, -0.15) is 0 Å². The molecular weight excluding hydrogens is 228 g/mol. The third-order valence-electron chi connectivity index (χ3n) is 2.94. The zero-order valence-electron chi connectivity index (χ0n) is 11.3. The van der Waals surface area contributed by atoms with E-state index < -0.39 is 5.41 Å². The molecule has 4 heteroatoms. The maximum Gasteiger partial charge on any atom is 0.230 e. The lowest BCUT2D eigenvalue weighted by Gasteiger charge is -2.24. The van der Waals surface area contributed by atoms with E-state index in [0.29, 0.717) is 25.4 Å². The number of nitrogens with two attached hydrogens (primary N) is 1. The molecular formula is C14H22N2O2. The summed E-state index contributed by atoms with van der Waals surface area (Å²) in [4.78, 5) is 12.1. The van der Waals surface area contributed by atoms with E-state index in [1.165, 1.54) is 0 Å². The first-order chi connectivity index (χ1) is 8.48. The Bertz CT molecular complexity index is 385. The third-order valence-corrected chi connectivity index (χ3v) is 2.94. The zero-order chi connectivity index (χ0) is 13.6. The second-order valence-corrected chi connectivity index (χ2v) is 4.70. The summed E-state index contributed by atoms with van der Waals surface area (Å²) in [6, 6.07) is 7.39. The quantitative estimate of drug-likeness (QED) is 0.596. The van der Waals surface area contributed by atoms with E-state index in [0.717, 1.165) is 5.56 Å². The summed E-state index contributed by atoms with van der Waals surface area (Å²) in [5.41, 5.74) is 6.72. The fourth-order valence-corrected chi connectivity index (χ4v) is 1.63. The van der Waals surface area contributed by atoms with Crippen LogP contribution < -0.4 is 11.1 Å². The van der Waals surface area contributed by atoms with Gasteiger partial charge in [-0.05, 0) is 38.5 Å². The monoisotopic (exact) mass is 250 g/mol. The van der Waals surface area contributed by atoms with Gasteiger partial charge in [-0.25, -0.2) is 0 Å². The summed E-state index contributed by atoms with van der Waals surface area (Å²) in [5, 5.41) is 2.88. The highest BCUT2D eigenvalue weighted by Crippen LogP contribution is 2.24. The van der Waals surface area contributed by atoms with Crippen molar-refractivity contribution in [2.24, 2.45) is 0 Å². The highest BCUT2D eigenvalue weighted by molar-refractivity contribution is 5.87. The number of hydrogen-bond donors (Lipinski definition) is 2. The molecule has 1 rings (SSSR count). The van der Waals surface area contributed by atoms with Crippen molar-refractivity contribution in [2.75, 3.05) is 25.5 Å². The van der Waals surface area contributed by atoms with Crippen LogP contribution >= 0.6 is 0 Å². The Morgan fingerprint density at radius 2 is 1.94 bits per heavy atom. The highest BCUT2D eigenvalue weighted by atomic mass is 16.5. The first kappa shape index (κ1) is 14.5. The van der Waals surface area contributed by atoms with Gasteiger partial charge in [-0.1, -0.05) is 12.1 Å². The molecule has 4 nitrogen and oxygen atoms in total. The van der Waals surface area contributed by atoms with Crippen LogP contribution in [0.15, 0.2) is 24.3 Å². The number of carbonyl (C=O) groups excluding carboxylic acids is 1. The van der Waals surface area contributed by atoms with Gasteiger partial charge in [0.05, 0.1) is 12.0 Å². The van der Waals surface area contributed by atoms with Crippen LogP contribution in [0.4, 0.5) is 5.69 Å². The molecule has 0 aliphatic carbocycles. The lowest BCUT2D eigenvalue weighted by Crippen LogP contribution is -2.41. The van der Waals surface area contributed by atoms with E-state index in [1.54, 1.807) is 0 Å². The molecule has 100 valence electrons. The van der Waals surface area contributed by atoms with Crippen molar-refractivity contribution in [1.29, 1.82) is 0 Å². The molecule has 1 aromatic rings. The number of benzene rings is 1. The molecule has 0 aliphatic heterocycles. The zero-order valence-corrected chi connectivity index (χ0v) is 11.3. The summed E-state index contributed by atoms with van der Waals surface area (Å²) in [6.07, 6.45) is 0. The van der Waals surface area contributed by atoms with Crippen LogP contribution in [-0.2, 0) is 14.9 Å². The van der Waals surface area contributed by atoms with Gasteiger partial charge in [-0.15, -0.1) is 0 Å². The Balaban J connectivity index is 2.61. The van der Waals surface area contributed by atoms with Gasteiger partial charge in [0, 0.05) is 18.8 Å². The van der Waals surface area contributed by atoms with Crippen molar-refractivity contribution in [3.8, 4) is 0 Å². The molecule has 0 unspecified atom stereocenters. The average Bonchev–Trinajstić information content (AvgIpc) is 2.35. The fourth-order valence-electron chi connectivity index (χ4n) is 1.63. The molecule has 0 saturated carbocycles. The van der Waals surface area contributed by atoms with Gasteiger partial charge in [0.25, 0.3) is 0 Å². The molecule has 3 N–H and O–H groups in total. The van der Waals surface area contributed by atoms with Gasteiger partial charge in [0.2, 0.25) is 5.91 Å². The minimum atomic E-state index is -0.570. The van der Waals surface area contributed by atoms with Crippen LogP contribution in [0.3, 0.4) is 0 Å². The van der Waals surface area contributed by atoms with Gasteiger partial charge < -0.3 is 15.8 Å². The number of carbonyl (C=O) groups is 1. The average molecular weight is 250 g/mol. The molecule has 0 heterocycles. The summed E-state index contributed by atoms with van der Waals surface area (Å²) < 4.78 is 5.19.